The molecule has 0 heterocycles. The van der Waals surface area contributed by atoms with Crippen molar-refractivity contribution in [2.45, 2.75) is 139 Å². The first-order chi connectivity index (χ1) is 19.0. The topological polar surface area (TPSA) is 81.7 Å². The molecule has 0 saturated heterocycles. The summed E-state index contributed by atoms with van der Waals surface area (Å²) in [4.78, 5) is 36.1. The molecule has 0 spiro atoms. The van der Waals surface area contributed by atoms with Gasteiger partial charge < -0.3 is 14.8 Å². The van der Waals surface area contributed by atoms with Gasteiger partial charge in [-0.05, 0) is 117 Å². The third-order valence-corrected chi connectivity index (χ3v) is 14.5. The molecule has 0 unspecified atom stereocenters. The van der Waals surface area contributed by atoms with Crippen LogP contribution in [0.15, 0.2) is 0 Å². The van der Waals surface area contributed by atoms with Crippen molar-refractivity contribution >= 4 is 17.8 Å². The van der Waals surface area contributed by atoms with Gasteiger partial charge in [-0.25, -0.2) is 0 Å². The van der Waals surface area contributed by atoms with Gasteiger partial charge in [0.15, 0.2) is 0 Å². The zero-order chi connectivity index (χ0) is 30.2. The maximum Gasteiger partial charge on any atom is 0.302 e. The van der Waals surface area contributed by atoms with E-state index in [1.807, 2.05) is 0 Å². The highest BCUT2D eigenvalue weighted by Crippen LogP contribution is 2.77. The lowest BCUT2D eigenvalue weighted by Crippen LogP contribution is -2.67. The Hall–Kier alpha value is -1.59. The second kappa shape index (κ2) is 10.3. The quantitative estimate of drug-likeness (QED) is 0.356. The van der Waals surface area contributed by atoms with Crippen LogP contribution >= 0.6 is 0 Å². The van der Waals surface area contributed by atoms with Crippen LogP contribution in [0.5, 0.6) is 0 Å². The number of rotatable bonds is 5. The molecular formula is C35H57NO5. The first-order valence-electron chi connectivity index (χ1n) is 16.6. The predicted octanol–water partition coefficient (Wildman–Crippen LogP) is 7.09. The van der Waals surface area contributed by atoms with Gasteiger partial charge in [0.25, 0.3) is 0 Å². The molecule has 1 amide bonds. The number of nitrogens with one attached hydrogen (secondary N) is 1. The normalized spacial score (nSPS) is 47.0. The highest BCUT2D eigenvalue weighted by molar-refractivity contribution is 5.73. The maximum absolute atomic E-state index is 12.1. The van der Waals surface area contributed by atoms with Crippen molar-refractivity contribution in [1.29, 1.82) is 0 Å². The average Bonchev–Trinajstić information content (AvgIpc) is 3.24. The summed E-state index contributed by atoms with van der Waals surface area (Å²) in [7, 11) is 0. The lowest BCUT2D eigenvalue weighted by atomic mass is 9.32. The summed E-state index contributed by atoms with van der Waals surface area (Å²) in [5.41, 5.74) is 0.634. The molecule has 0 aromatic rings. The van der Waals surface area contributed by atoms with Crippen molar-refractivity contribution in [1.82, 2.24) is 5.32 Å². The van der Waals surface area contributed by atoms with Crippen LogP contribution in [-0.4, -0.2) is 36.6 Å². The van der Waals surface area contributed by atoms with Crippen LogP contribution in [-0.2, 0) is 23.9 Å². The fourth-order valence-electron chi connectivity index (χ4n) is 12.7. The predicted molar refractivity (Wildman–Crippen MR) is 160 cm³/mol. The Morgan fingerprint density at radius 1 is 0.780 bits per heavy atom. The van der Waals surface area contributed by atoms with Gasteiger partial charge in [0.1, 0.15) is 6.10 Å². The molecule has 0 bridgehead atoms. The molecule has 0 aromatic heterocycles. The second-order valence-electron chi connectivity index (χ2n) is 16.5. The second-order valence-corrected chi connectivity index (χ2v) is 16.5. The Balaban J connectivity index is 1.50. The van der Waals surface area contributed by atoms with E-state index in [0.29, 0.717) is 36.2 Å². The zero-order valence-corrected chi connectivity index (χ0v) is 27.4. The molecule has 5 fully saturated rings. The van der Waals surface area contributed by atoms with Gasteiger partial charge in [-0.15, -0.1) is 0 Å². The van der Waals surface area contributed by atoms with Gasteiger partial charge in [0.05, 0.1) is 6.61 Å². The van der Waals surface area contributed by atoms with Gasteiger partial charge in [-0.3, -0.25) is 14.4 Å². The first-order valence-corrected chi connectivity index (χ1v) is 16.6. The van der Waals surface area contributed by atoms with E-state index in [4.69, 9.17) is 9.47 Å². The molecule has 5 saturated carbocycles. The third kappa shape index (κ3) is 4.58. The molecule has 0 radical (unpaired) electrons. The number of fused-ring (bicyclic) bond motifs is 7. The minimum Gasteiger partial charge on any atom is -0.465 e. The van der Waals surface area contributed by atoms with Crippen molar-refractivity contribution in [3.63, 3.8) is 0 Å². The summed E-state index contributed by atoms with van der Waals surface area (Å²) in [6.07, 6.45) is 11.4. The minimum atomic E-state index is -0.182. The van der Waals surface area contributed by atoms with E-state index in [2.05, 4.69) is 46.9 Å². The van der Waals surface area contributed by atoms with Gasteiger partial charge in [0.2, 0.25) is 5.91 Å². The number of ether oxygens (including phenoxy) is 2. The molecule has 5 aliphatic rings. The van der Waals surface area contributed by atoms with E-state index in [1.54, 1.807) is 13.8 Å². The van der Waals surface area contributed by atoms with E-state index in [9.17, 15) is 14.4 Å². The van der Waals surface area contributed by atoms with Crippen molar-refractivity contribution in [3.8, 4) is 0 Å². The van der Waals surface area contributed by atoms with Crippen LogP contribution in [0.3, 0.4) is 0 Å². The minimum absolute atomic E-state index is 0.000408. The molecular weight excluding hydrogens is 514 g/mol. The van der Waals surface area contributed by atoms with E-state index in [0.717, 1.165) is 32.1 Å². The van der Waals surface area contributed by atoms with Crippen LogP contribution in [0.1, 0.15) is 127 Å². The molecule has 11 atom stereocenters. The zero-order valence-electron chi connectivity index (χ0n) is 27.4. The highest BCUT2D eigenvalue weighted by atomic mass is 16.5. The number of esters is 2. The summed E-state index contributed by atoms with van der Waals surface area (Å²) in [5.74, 6) is 2.30. The third-order valence-electron chi connectivity index (χ3n) is 14.5. The average molecular weight is 572 g/mol. The van der Waals surface area contributed by atoms with Crippen LogP contribution in [0.25, 0.3) is 0 Å². The number of hydrogen-bond acceptors (Lipinski definition) is 5. The van der Waals surface area contributed by atoms with Crippen molar-refractivity contribution < 1.29 is 23.9 Å². The summed E-state index contributed by atoms with van der Waals surface area (Å²) in [6, 6.07) is 0.121. The summed E-state index contributed by atoms with van der Waals surface area (Å²) in [6.45, 7) is 20.0. The fraction of sp³-hybridized carbons (Fsp3) is 0.914. The van der Waals surface area contributed by atoms with Crippen LogP contribution in [0, 0.1) is 56.7 Å². The molecule has 6 nitrogen and oxygen atoms in total. The summed E-state index contributed by atoms with van der Waals surface area (Å²) < 4.78 is 11.7. The lowest BCUT2D eigenvalue weighted by Gasteiger charge is -2.73. The number of amides is 1. The summed E-state index contributed by atoms with van der Waals surface area (Å²) in [5, 5.41) is 3.26. The lowest BCUT2D eigenvalue weighted by molar-refractivity contribution is -0.253. The van der Waals surface area contributed by atoms with Crippen molar-refractivity contribution in [3.05, 3.63) is 0 Å². The van der Waals surface area contributed by atoms with E-state index in [-0.39, 0.29) is 57.1 Å². The maximum atomic E-state index is 12.1. The van der Waals surface area contributed by atoms with Crippen LogP contribution < -0.4 is 5.32 Å². The number of carbonyl (C=O) groups is 3. The highest BCUT2D eigenvalue weighted by Gasteiger charge is 2.71. The first kappa shape index (κ1) is 30.9. The fourth-order valence-corrected chi connectivity index (χ4v) is 12.7. The van der Waals surface area contributed by atoms with Gasteiger partial charge >= 0.3 is 11.9 Å². The molecule has 6 heteroatoms. The van der Waals surface area contributed by atoms with Crippen LogP contribution in [0.2, 0.25) is 0 Å². The number of hydrogen-bond donors (Lipinski definition) is 1. The van der Waals surface area contributed by atoms with Crippen molar-refractivity contribution in [2.24, 2.45) is 56.7 Å². The smallest absolute Gasteiger partial charge is 0.302 e. The Morgan fingerprint density at radius 3 is 2.12 bits per heavy atom. The Morgan fingerprint density at radius 2 is 1.49 bits per heavy atom. The van der Waals surface area contributed by atoms with E-state index in [1.165, 1.54) is 39.0 Å². The molecule has 1 N–H and O–H groups in total. The summed E-state index contributed by atoms with van der Waals surface area (Å²) >= 11 is 0. The van der Waals surface area contributed by atoms with Crippen LogP contribution in [0.4, 0.5) is 0 Å². The SMILES string of the molecule is CC(=O)N[C@H](C)[C@H]1CC[C@@]2(COC(C)=O)CC[C@@]3(C)[C@@H](CC[C@@H]4[C@]5(C)CC[C@H](OC(C)=O)C(C)(C)[C@@H]5CC[C@@]43C)[C@H]12. The molecule has 5 rings (SSSR count). The largest absolute Gasteiger partial charge is 0.465 e. The number of carbonyl (C=O) groups excluding carboxylic acids is 3. The monoisotopic (exact) mass is 571 g/mol. The van der Waals surface area contributed by atoms with Gasteiger partial charge in [0, 0.05) is 37.6 Å². The van der Waals surface area contributed by atoms with E-state index >= 15 is 0 Å². The van der Waals surface area contributed by atoms with E-state index < -0.39 is 0 Å². The molecule has 5 aliphatic carbocycles. The molecule has 0 aliphatic heterocycles. The Bertz CT molecular complexity index is 1070. The molecule has 0 aromatic carbocycles. The Kier molecular flexibility index (Phi) is 7.72. The Labute approximate surface area is 248 Å². The van der Waals surface area contributed by atoms with Crippen molar-refractivity contribution in [2.75, 3.05) is 6.61 Å². The standard InChI is InChI=1S/C35H57NO5/c1-21(36-22(2)37)25-12-17-35(20-40-23(3)38)19-18-33(8)26(30(25)35)10-11-28-32(7)15-14-29(41-24(4)39)31(5,6)27(32)13-16-34(28,33)9/h21,25-30H,10-20H2,1-9H3,(H,36,37)/t21-,25-,26+,27+,28-,29+,30+,32-,33+,34+,35+/m1/s1. The van der Waals surface area contributed by atoms with Gasteiger partial charge in [-0.1, -0.05) is 34.6 Å². The molecule has 41 heavy (non-hydrogen) atoms. The molecule has 232 valence electrons. The van der Waals surface area contributed by atoms with Gasteiger partial charge in [-0.2, -0.15) is 0 Å².